The normalized spacial score (nSPS) is 19.9. The summed E-state index contributed by atoms with van der Waals surface area (Å²) in [7, 11) is 1.42. The Morgan fingerprint density at radius 2 is 2.05 bits per heavy atom. The Bertz CT molecular complexity index is 678. The highest BCUT2D eigenvalue weighted by atomic mass is 35.5. The number of methoxy groups -OCH3 is 1. The maximum Gasteiger partial charge on any atom is 0.328 e. The Balaban J connectivity index is 1.93. The summed E-state index contributed by atoms with van der Waals surface area (Å²) in [5.74, 6) is -0.237. The van der Waals surface area contributed by atoms with Gasteiger partial charge in [0.05, 0.1) is 7.11 Å². The van der Waals surface area contributed by atoms with Crippen LogP contribution in [0.3, 0.4) is 0 Å². The number of thioether (sulfide) groups is 1. The fourth-order valence-electron chi connectivity index (χ4n) is 2.59. The molecule has 0 bridgehead atoms. The van der Waals surface area contributed by atoms with Gasteiger partial charge in [0.25, 0.3) is 0 Å². The highest BCUT2D eigenvalue weighted by Gasteiger charge is 2.32. The van der Waals surface area contributed by atoms with Crippen LogP contribution in [0.15, 0.2) is 53.4 Å². The van der Waals surface area contributed by atoms with E-state index < -0.39 is 0 Å². The molecule has 0 saturated heterocycles. The molecule has 114 valence electrons. The Labute approximate surface area is 139 Å². The number of benzene rings is 2. The Hall–Kier alpha value is -1.65. The first-order chi connectivity index (χ1) is 10.7. The third kappa shape index (κ3) is 3.23. The fourth-order valence-corrected chi connectivity index (χ4v) is 4.03. The third-order valence-corrected chi connectivity index (χ3v) is 5.16. The second-order valence-corrected chi connectivity index (χ2v) is 6.82. The monoisotopic (exact) mass is 333 g/mol. The summed E-state index contributed by atoms with van der Waals surface area (Å²) < 4.78 is 4.89. The van der Waals surface area contributed by atoms with E-state index in [0.29, 0.717) is 11.4 Å². The topological polar surface area (TPSA) is 38.3 Å². The lowest BCUT2D eigenvalue weighted by Crippen LogP contribution is -2.35. The van der Waals surface area contributed by atoms with Crippen molar-refractivity contribution in [3.8, 4) is 0 Å². The van der Waals surface area contributed by atoms with Crippen molar-refractivity contribution in [3.05, 3.63) is 59.1 Å². The highest BCUT2D eigenvalue weighted by Crippen LogP contribution is 2.45. The largest absolute Gasteiger partial charge is 0.467 e. The molecule has 0 amide bonds. The van der Waals surface area contributed by atoms with E-state index in [-0.39, 0.29) is 17.3 Å². The smallest absolute Gasteiger partial charge is 0.328 e. The number of carbonyl (C=O) groups is 1. The van der Waals surface area contributed by atoms with Crippen molar-refractivity contribution in [2.45, 2.75) is 22.6 Å². The summed E-state index contributed by atoms with van der Waals surface area (Å²) in [6.07, 6.45) is 0.666. The van der Waals surface area contributed by atoms with Crippen molar-refractivity contribution in [2.24, 2.45) is 0 Å². The van der Waals surface area contributed by atoms with Crippen molar-refractivity contribution in [2.75, 3.05) is 12.4 Å². The molecule has 0 aromatic heterocycles. The van der Waals surface area contributed by atoms with Crippen LogP contribution in [0.1, 0.15) is 17.2 Å². The Kier molecular flexibility index (Phi) is 4.60. The molecule has 0 saturated carbocycles. The molecule has 3 rings (SSSR count). The number of fused-ring (bicyclic) bond motifs is 1. The number of ether oxygens (including phenoxy) is 1. The fraction of sp³-hybridized carbons (Fsp3) is 0.235. The van der Waals surface area contributed by atoms with Crippen molar-refractivity contribution < 1.29 is 9.53 Å². The van der Waals surface area contributed by atoms with Gasteiger partial charge in [-0.25, -0.2) is 4.79 Å². The molecular weight excluding hydrogens is 318 g/mol. The molecule has 1 N–H and O–H groups in total. The zero-order valence-corrected chi connectivity index (χ0v) is 13.7. The van der Waals surface area contributed by atoms with Gasteiger partial charge in [0, 0.05) is 20.9 Å². The van der Waals surface area contributed by atoms with E-state index in [9.17, 15) is 4.79 Å². The van der Waals surface area contributed by atoms with Crippen LogP contribution in [0.4, 0.5) is 5.69 Å². The molecule has 1 heterocycles. The summed E-state index contributed by atoms with van der Waals surface area (Å²) in [6.45, 7) is 0. The van der Waals surface area contributed by atoms with E-state index >= 15 is 0 Å². The lowest BCUT2D eigenvalue weighted by Gasteiger charge is -2.31. The van der Waals surface area contributed by atoms with Gasteiger partial charge < -0.3 is 10.1 Å². The van der Waals surface area contributed by atoms with E-state index in [4.69, 9.17) is 16.3 Å². The molecule has 0 spiro atoms. The van der Waals surface area contributed by atoms with Gasteiger partial charge >= 0.3 is 5.97 Å². The molecule has 2 aromatic rings. The summed E-state index contributed by atoms with van der Waals surface area (Å²) in [4.78, 5) is 13.1. The Morgan fingerprint density at radius 1 is 1.27 bits per heavy atom. The van der Waals surface area contributed by atoms with E-state index in [1.54, 1.807) is 11.8 Å². The second kappa shape index (κ2) is 6.63. The second-order valence-electron chi connectivity index (χ2n) is 5.11. The number of rotatable bonds is 3. The zero-order valence-electron chi connectivity index (χ0n) is 12.1. The quantitative estimate of drug-likeness (QED) is 0.837. The van der Waals surface area contributed by atoms with Crippen LogP contribution in [0.2, 0.25) is 5.02 Å². The van der Waals surface area contributed by atoms with Gasteiger partial charge in [-0.1, -0.05) is 29.8 Å². The molecule has 3 nitrogen and oxygen atoms in total. The predicted molar refractivity (Wildman–Crippen MR) is 90.5 cm³/mol. The molecule has 1 aliphatic heterocycles. The van der Waals surface area contributed by atoms with Crippen LogP contribution >= 0.6 is 23.4 Å². The van der Waals surface area contributed by atoms with Crippen molar-refractivity contribution in [3.63, 3.8) is 0 Å². The van der Waals surface area contributed by atoms with E-state index in [1.807, 2.05) is 36.4 Å². The van der Waals surface area contributed by atoms with Crippen LogP contribution in [0.25, 0.3) is 0 Å². The number of hydrogen-bond donors (Lipinski definition) is 1. The zero-order chi connectivity index (χ0) is 15.5. The van der Waals surface area contributed by atoms with Crippen LogP contribution in [-0.2, 0) is 9.53 Å². The maximum atomic E-state index is 11.9. The average Bonchev–Trinajstić information content (AvgIpc) is 2.55. The number of halogens is 1. The van der Waals surface area contributed by atoms with Crippen LogP contribution in [-0.4, -0.2) is 19.1 Å². The van der Waals surface area contributed by atoms with E-state index in [0.717, 1.165) is 11.3 Å². The standard InChI is InChI=1S/C17H16ClNO2S/c1-21-17(20)15-10-16(22-12-5-3-2-4-6-12)13-9-11(18)7-8-14(13)19-15/h2-9,15-16,19H,10H2,1H3/t15-,16?/m1/s1. The minimum atomic E-state index is -0.333. The number of nitrogens with one attached hydrogen (secondary N) is 1. The van der Waals surface area contributed by atoms with Crippen LogP contribution in [0.5, 0.6) is 0 Å². The lowest BCUT2D eigenvalue weighted by atomic mass is 9.97. The number of hydrogen-bond acceptors (Lipinski definition) is 4. The SMILES string of the molecule is COC(=O)[C@H]1CC(Sc2ccccc2)c2cc(Cl)ccc2N1. The summed E-state index contributed by atoms with van der Waals surface area (Å²) in [5.41, 5.74) is 2.07. The van der Waals surface area contributed by atoms with Gasteiger partial charge in [0.2, 0.25) is 0 Å². The molecule has 0 radical (unpaired) electrons. The molecule has 2 aromatic carbocycles. The van der Waals surface area contributed by atoms with Crippen LogP contribution < -0.4 is 5.32 Å². The Morgan fingerprint density at radius 3 is 2.77 bits per heavy atom. The number of carbonyl (C=O) groups excluding carboxylic acids is 1. The summed E-state index contributed by atoms with van der Waals surface area (Å²) >= 11 is 7.88. The lowest BCUT2D eigenvalue weighted by molar-refractivity contribution is -0.141. The molecule has 0 aliphatic carbocycles. The van der Waals surface area contributed by atoms with Gasteiger partial charge in [-0.05, 0) is 42.3 Å². The highest BCUT2D eigenvalue weighted by molar-refractivity contribution is 7.99. The minimum absolute atomic E-state index is 0.154. The molecule has 5 heteroatoms. The van der Waals surface area contributed by atoms with Gasteiger partial charge in [-0.2, -0.15) is 0 Å². The van der Waals surface area contributed by atoms with Crippen molar-refractivity contribution in [1.29, 1.82) is 0 Å². The minimum Gasteiger partial charge on any atom is -0.467 e. The first-order valence-electron chi connectivity index (χ1n) is 7.03. The van der Waals surface area contributed by atoms with Gasteiger partial charge in [-0.15, -0.1) is 11.8 Å². The summed E-state index contributed by atoms with van der Waals surface area (Å²) in [5, 5.41) is 4.10. The average molecular weight is 334 g/mol. The van der Waals surface area contributed by atoms with E-state index in [1.165, 1.54) is 12.0 Å². The van der Waals surface area contributed by atoms with Gasteiger partial charge in [-0.3, -0.25) is 0 Å². The third-order valence-electron chi connectivity index (χ3n) is 3.65. The number of anilines is 1. The van der Waals surface area contributed by atoms with Gasteiger partial charge in [0.1, 0.15) is 6.04 Å². The molecule has 0 fully saturated rings. The maximum absolute atomic E-state index is 11.9. The molecule has 1 unspecified atom stereocenters. The van der Waals surface area contributed by atoms with Crippen molar-refractivity contribution >= 4 is 35.0 Å². The number of esters is 1. The molecule has 2 atom stereocenters. The molecular formula is C17H16ClNO2S. The van der Waals surface area contributed by atoms with E-state index in [2.05, 4.69) is 17.4 Å². The predicted octanol–water partition coefficient (Wildman–Crippen LogP) is 4.53. The van der Waals surface area contributed by atoms with Crippen LogP contribution in [0, 0.1) is 0 Å². The van der Waals surface area contributed by atoms with Gasteiger partial charge in [0.15, 0.2) is 0 Å². The first-order valence-corrected chi connectivity index (χ1v) is 8.28. The molecule has 22 heavy (non-hydrogen) atoms. The summed E-state index contributed by atoms with van der Waals surface area (Å²) in [6, 6.07) is 15.6. The molecule has 1 aliphatic rings. The first kappa shape index (κ1) is 15.3. The van der Waals surface area contributed by atoms with Crippen molar-refractivity contribution in [1.82, 2.24) is 0 Å².